The average Bonchev–Trinajstić information content (AvgIpc) is 2.98. The van der Waals surface area contributed by atoms with Crippen molar-refractivity contribution < 1.29 is 9.53 Å². The summed E-state index contributed by atoms with van der Waals surface area (Å²) in [5.74, 6) is 2.29. The Morgan fingerprint density at radius 3 is 2.63 bits per heavy atom. The van der Waals surface area contributed by atoms with Crippen LogP contribution in [0.1, 0.15) is 6.42 Å². The van der Waals surface area contributed by atoms with Gasteiger partial charge in [-0.1, -0.05) is 0 Å². The summed E-state index contributed by atoms with van der Waals surface area (Å²) >= 11 is 13.4. The first-order chi connectivity index (χ1) is 9.01. The molecule has 2 rings (SSSR count). The summed E-state index contributed by atoms with van der Waals surface area (Å²) in [5, 5.41) is 2.83. The molecule has 1 N–H and O–H groups in total. The van der Waals surface area contributed by atoms with Gasteiger partial charge >= 0.3 is 0 Å². The maximum Gasteiger partial charge on any atom is 0.234 e. The highest BCUT2D eigenvalue weighted by molar-refractivity contribution is 8.00. The van der Waals surface area contributed by atoms with Crippen molar-refractivity contribution in [3.8, 4) is 5.75 Å². The minimum absolute atomic E-state index is 0.0226. The molecule has 1 aromatic rings. The number of nitrogens with one attached hydrogen (secondary N) is 1. The van der Waals surface area contributed by atoms with Gasteiger partial charge in [-0.25, -0.2) is 0 Å². The van der Waals surface area contributed by atoms with Gasteiger partial charge in [0.15, 0.2) is 0 Å². The topological polar surface area (TPSA) is 38.3 Å². The van der Waals surface area contributed by atoms with Gasteiger partial charge in [0.2, 0.25) is 5.91 Å². The van der Waals surface area contributed by atoms with E-state index in [1.54, 1.807) is 18.9 Å². The number of hydrogen-bond donors (Lipinski definition) is 1. The van der Waals surface area contributed by atoms with E-state index in [0.29, 0.717) is 11.7 Å². The molecule has 0 spiro atoms. The molecule has 1 aliphatic rings. The van der Waals surface area contributed by atoms with Gasteiger partial charge in [0, 0.05) is 11.6 Å². The van der Waals surface area contributed by atoms with Crippen LogP contribution in [0.15, 0.2) is 24.3 Å². The van der Waals surface area contributed by atoms with Crippen LogP contribution in [-0.4, -0.2) is 28.9 Å². The molecule has 104 valence electrons. The van der Waals surface area contributed by atoms with Crippen molar-refractivity contribution in [3.05, 3.63) is 24.3 Å². The molecular weight excluding hydrogens is 305 g/mol. The molecule has 19 heavy (non-hydrogen) atoms. The van der Waals surface area contributed by atoms with Crippen molar-refractivity contribution in [2.75, 3.05) is 23.9 Å². The Kier molecular flexibility index (Phi) is 4.87. The molecule has 0 unspecified atom stereocenters. The van der Waals surface area contributed by atoms with Gasteiger partial charge in [-0.15, -0.1) is 23.2 Å². The van der Waals surface area contributed by atoms with Crippen LogP contribution in [0.3, 0.4) is 0 Å². The molecule has 0 aromatic heterocycles. The standard InChI is InChI=1S/C13H15Cl2NO2S/c1-18-11-4-2-10(3-5-11)16-12(17)8-19-7-9-6-13(9,14)15/h2-5,9H,6-8H2,1H3,(H,16,17)/t9-/m1/s1. The van der Waals surface area contributed by atoms with Gasteiger partial charge < -0.3 is 10.1 Å². The van der Waals surface area contributed by atoms with Crippen LogP contribution in [-0.2, 0) is 4.79 Å². The summed E-state index contributed by atoms with van der Waals surface area (Å²) < 4.78 is 4.49. The Morgan fingerprint density at radius 1 is 1.47 bits per heavy atom. The fraction of sp³-hybridized carbons (Fsp3) is 0.462. The molecule has 0 saturated heterocycles. The van der Waals surface area contributed by atoms with Gasteiger partial charge in [-0.05, 0) is 36.4 Å². The van der Waals surface area contributed by atoms with Crippen LogP contribution >= 0.6 is 35.0 Å². The number of thioether (sulfide) groups is 1. The van der Waals surface area contributed by atoms with Gasteiger partial charge in [-0.2, -0.15) is 11.8 Å². The molecule has 0 aliphatic heterocycles. The number of methoxy groups -OCH3 is 1. The average molecular weight is 320 g/mol. The van der Waals surface area contributed by atoms with Crippen molar-refractivity contribution in [2.24, 2.45) is 5.92 Å². The number of rotatable bonds is 6. The quantitative estimate of drug-likeness (QED) is 0.815. The van der Waals surface area contributed by atoms with E-state index in [0.717, 1.165) is 23.6 Å². The number of amides is 1. The van der Waals surface area contributed by atoms with Crippen LogP contribution in [0.5, 0.6) is 5.75 Å². The maximum atomic E-state index is 11.7. The summed E-state index contributed by atoms with van der Waals surface area (Å²) in [5.41, 5.74) is 0.766. The molecule has 3 nitrogen and oxygen atoms in total. The molecule has 1 atom stereocenters. The van der Waals surface area contributed by atoms with Gasteiger partial charge in [0.25, 0.3) is 0 Å². The van der Waals surface area contributed by atoms with Crippen molar-refractivity contribution >= 4 is 46.6 Å². The van der Waals surface area contributed by atoms with Gasteiger partial charge in [0.1, 0.15) is 10.1 Å². The highest BCUT2D eigenvalue weighted by atomic mass is 35.5. The first-order valence-corrected chi connectivity index (χ1v) is 7.82. The lowest BCUT2D eigenvalue weighted by Crippen LogP contribution is -2.14. The van der Waals surface area contributed by atoms with Crippen molar-refractivity contribution in [2.45, 2.75) is 10.8 Å². The maximum absolute atomic E-state index is 11.7. The van der Waals surface area contributed by atoms with Crippen LogP contribution < -0.4 is 10.1 Å². The fourth-order valence-electron chi connectivity index (χ4n) is 1.62. The third kappa shape index (κ3) is 4.48. The number of anilines is 1. The lowest BCUT2D eigenvalue weighted by Gasteiger charge is -2.06. The molecular formula is C13H15Cl2NO2S. The number of halogens is 2. The second-order valence-electron chi connectivity index (χ2n) is 4.45. The number of benzene rings is 1. The summed E-state index contributed by atoms with van der Waals surface area (Å²) in [6.45, 7) is 0. The predicted octanol–water partition coefficient (Wildman–Crippen LogP) is 3.56. The number of alkyl halides is 2. The Morgan fingerprint density at radius 2 is 2.11 bits per heavy atom. The molecule has 1 fully saturated rings. The molecule has 1 aliphatic carbocycles. The lowest BCUT2D eigenvalue weighted by atomic mass is 10.3. The van der Waals surface area contributed by atoms with E-state index in [9.17, 15) is 4.79 Å². The molecule has 0 heterocycles. The lowest BCUT2D eigenvalue weighted by molar-refractivity contribution is -0.113. The molecule has 0 radical (unpaired) electrons. The zero-order valence-electron chi connectivity index (χ0n) is 10.5. The van der Waals surface area contributed by atoms with E-state index < -0.39 is 4.33 Å². The highest BCUT2D eigenvalue weighted by Gasteiger charge is 2.51. The van der Waals surface area contributed by atoms with E-state index >= 15 is 0 Å². The third-order valence-electron chi connectivity index (χ3n) is 2.88. The van der Waals surface area contributed by atoms with E-state index in [1.165, 1.54) is 0 Å². The normalized spacial score (nSPS) is 19.8. The van der Waals surface area contributed by atoms with Crippen LogP contribution in [0, 0.1) is 5.92 Å². The van der Waals surface area contributed by atoms with Gasteiger partial charge in [0.05, 0.1) is 12.9 Å². The number of carbonyl (C=O) groups is 1. The molecule has 6 heteroatoms. The van der Waals surface area contributed by atoms with Crippen LogP contribution in [0.25, 0.3) is 0 Å². The Balaban J connectivity index is 1.69. The Bertz CT molecular complexity index is 450. The second kappa shape index (κ2) is 6.25. The summed E-state index contributed by atoms with van der Waals surface area (Å²) in [6, 6.07) is 7.24. The van der Waals surface area contributed by atoms with Crippen molar-refractivity contribution in [1.82, 2.24) is 0 Å². The number of carbonyl (C=O) groups excluding carboxylic acids is 1. The molecule has 0 bridgehead atoms. The summed E-state index contributed by atoms with van der Waals surface area (Å²) in [4.78, 5) is 11.7. The molecule has 1 saturated carbocycles. The molecule has 1 amide bonds. The zero-order chi connectivity index (χ0) is 13.9. The number of ether oxygens (including phenoxy) is 1. The highest BCUT2D eigenvalue weighted by Crippen LogP contribution is 2.54. The molecule has 1 aromatic carbocycles. The minimum Gasteiger partial charge on any atom is -0.497 e. The van der Waals surface area contributed by atoms with Crippen molar-refractivity contribution in [1.29, 1.82) is 0 Å². The first kappa shape index (κ1) is 14.8. The summed E-state index contributed by atoms with van der Waals surface area (Å²) in [7, 11) is 1.61. The third-order valence-corrected chi connectivity index (χ3v) is 4.91. The number of hydrogen-bond acceptors (Lipinski definition) is 3. The van der Waals surface area contributed by atoms with Crippen LogP contribution in [0.4, 0.5) is 5.69 Å². The van der Waals surface area contributed by atoms with Gasteiger partial charge in [-0.3, -0.25) is 4.79 Å². The second-order valence-corrected chi connectivity index (χ2v) is 7.03. The van der Waals surface area contributed by atoms with E-state index in [1.807, 2.05) is 24.3 Å². The first-order valence-electron chi connectivity index (χ1n) is 5.91. The van der Waals surface area contributed by atoms with E-state index in [4.69, 9.17) is 27.9 Å². The predicted molar refractivity (Wildman–Crippen MR) is 81.5 cm³/mol. The summed E-state index contributed by atoms with van der Waals surface area (Å²) in [6.07, 6.45) is 0.823. The van der Waals surface area contributed by atoms with E-state index in [2.05, 4.69) is 5.32 Å². The smallest absolute Gasteiger partial charge is 0.234 e. The minimum atomic E-state index is -0.556. The SMILES string of the molecule is COc1ccc(NC(=O)CSC[C@H]2CC2(Cl)Cl)cc1. The Hall–Kier alpha value is -0.580. The Labute approximate surface area is 127 Å². The van der Waals surface area contributed by atoms with Crippen molar-refractivity contribution in [3.63, 3.8) is 0 Å². The fourth-order valence-corrected chi connectivity index (χ4v) is 3.39. The zero-order valence-corrected chi connectivity index (χ0v) is 12.8. The van der Waals surface area contributed by atoms with Crippen LogP contribution in [0.2, 0.25) is 0 Å². The largest absolute Gasteiger partial charge is 0.497 e. The monoisotopic (exact) mass is 319 g/mol. The van der Waals surface area contributed by atoms with E-state index in [-0.39, 0.29) is 5.91 Å².